The highest BCUT2D eigenvalue weighted by Crippen LogP contribution is 2.37. The van der Waals surface area contributed by atoms with E-state index in [1.165, 1.54) is 0 Å². The van der Waals surface area contributed by atoms with Crippen molar-refractivity contribution in [1.82, 2.24) is 10.2 Å². The van der Waals surface area contributed by atoms with Crippen molar-refractivity contribution in [1.29, 1.82) is 0 Å². The highest BCUT2D eigenvalue weighted by Gasteiger charge is 2.48. The predicted octanol–water partition coefficient (Wildman–Crippen LogP) is 1.86. The Morgan fingerprint density at radius 1 is 1.29 bits per heavy atom. The van der Waals surface area contributed by atoms with E-state index in [4.69, 9.17) is 9.47 Å². The number of piperidine rings is 1. The summed E-state index contributed by atoms with van der Waals surface area (Å²) in [5.74, 6) is 2.32. The summed E-state index contributed by atoms with van der Waals surface area (Å²) >= 11 is 1.98. The summed E-state index contributed by atoms with van der Waals surface area (Å²) in [5, 5.41) is 3.69. The maximum Gasteiger partial charge on any atom is 0.410 e. The third-order valence-electron chi connectivity index (χ3n) is 4.52. The molecule has 3 rings (SSSR count). The van der Waals surface area contributed by atoms with Gasteiger partial charge >= 0.3 is 6.09 Å². The van der Waals surface area contributed by atoms with E-state index in [0.29, 0.717) is 0 Å². The molecule has 1 N–H and O–H groups in total. The van der Waals surface area contributed by atoms with Crippen LogP contribution in [0.4, 0.5) is 4.79 Å². The van der Waals surface area contributed by atoms with Crippen molar-refractivity contribution in [2.45, 2.75) is 50.4 Å². The van der Waals surface area contributed by atoms with Gasteiger partial charge in [-0.25, -0.2) is 4.79 Å². The molecule has 0 aromatic carbocycles. The number of amides is 1. The van der Waals surface area contributed by atoms with Gasteiger partial charge in [-0.15, -0.1) is 0 Å². The molecule has 1 amide bonds. The summed E-state index contributed by atoms with van der Waals surface area (Å²) in [6.45, 7) is 8.88. The minimum atomic E-state index is -0.427. The molecule has 3 heterocycles. The second-order valence-corrected chi connectivity index (χ2v) is 8.55. The number of carbonyl (C=O) groups is 1. The van der Waals surface area contributed by atoms with Crippen LogP contribution in [0, 0.1) is 0 Å². The molecule has 5 nitrogen and oxygen atoms in total. The molecule has 6 heteroatoms. The normalized spacial score (nSPS) is 27.5. The molecule has 0 aromatic rings. The molecular weight excluding hydrogens is 288 g/mol. The van der Waals surface area contributed by atoms with Crippen molar-refractivity contribution in [3.63, 3.8) is 0 Å². The zero-order chi connectivity index (χ0) is 15.1. The number of ether oxygens (including phenoxy) is 2. The van der Waals surface area contributed by atoms with Crippen LogP contribution >= 0.6 is 11.8 Å². The van der Waals surface area contributed by atoms with Crippen molar-refractivity contribution >= 4 is 17.9 Å². The van der Waals surface area contributed by atoms with Gasteiger partial charge in [0.1, 0.15) is 5.60 Å². The summed E-state index contributed by atoms with van der Waals surface area (Å²) in [6, 6.07) is 0. The van der Waals surface area contributed by atoms with E-state index >= 15 is 0 Å². The maximum absolute atomic E-state index is 12.1. The molecule has 0 saturated carbocycles. The van der Waals surface area contributed by atoms with E-state index in [-0.39, 0.29) is 17.2 Å². The van der Waals surface area contributed by atoms with Gasteiger partial charge in [0, 0.05) is 31.1 Å². The highest BCUT2D eigenvalue weighted by molar-refractivity contribution is 8.00. The Hall–Kier alpha value is -0.460. The summed E-state index contributed by atoms with van der Waals surface area (Å²) in [7, 11) is 0. The number of rotatable bonds is 0. The molecular formula is C15H26N2O3S. The lowest BCUT2D eigenvalue weighted by molar-refractivity contribution is -0.127. The molecule has 0 aromatic heterocycles. The van der Waals surface area contributed by atoms with E-state index in [1.807, 2.05) is 37.4 Å². The van der Waals surface area contributed by atoms with Crippen molar-refractivity contribution in [2.75, 3.05) is 37.7 Å². The Morgan fingerprint density at radius 2 is 1.95 bits per heavy atom. The van der Waals surface area contributed by atoms with E-state index in [1.54, 1.807) is 0 Å². The number of hydrogen-bond acceptors (Lipinski definition) is 5. The molecule has 0 bridgehead atoms. The first-order valence-corrected chi connectivity index (χ1v) is 8.92. The SMILES string of the molecule is CC(C)(C)OC(=O)N1CCC2(CC1)CNC1(CO2)CSC1. The number of thioether (sulfide) groups is 1. The van der Waals surface area contributed by atoms with Crippen LogP contribution in [0.2, 0.25) is 0 Å². The Labute approximate surface area is 131 Å². The lowest BCUT2D eigenvalue weighted by atomic mass is 9.87. The molecule has 3 aliphatic heterocycles. The third-order valence-corrected chi connectivity index (χ3v) is 6.04. The van der Waals surface area contributed by atoms with Crippen LogP contribution in [0.1, 0.15) is 33.6 Å². The van der Waals surface area contributed by atoms with Gasteiger partial charge in [-0.05, 0) is 33.6 Å². The van der Waals surface area contributed by atoms with Crippen molar-refractivity contribution in [2.24, 2.45) is 0 Å². The molecule has 3 aliphatic rings. The fourth-order valence-corrected chi connectivity index (χ4v) is 4.09. The van der Waals surface area contributed by atoms with Crippen molar-refractivity contribution in [3.8, 4) is 0 Å². The number of likely N-dealkylation sites (tertiary alicyclic amines) is 1. The fraction of sp³-hybridized carbons (Fsp3) is 0.933. The second-order valence-electron chi connectivity index (χ2n) is 7.57. The van der Waals surface area contributed by atoms with E-state index < -0.39 is 5.60 Å². The first-order chi connectivity index (χ1) is 9.82. The lowest BCUT2D eigenvalue weighted by Crippen LogP contribution is -2.69. The van der Waals surface area contributed by atoms with Crippen LogP contribution in [0.15, 0.2) is 0 Å². The quantitative estimate of drug-likeness (QED) is 0.740. The number of carbonyl (C=O) groups excluding carboxylic acids is 1. The van der Waals surface area contributed by atoms with Crippen LogP contribution < -0.4 is 5.32 Å². The molecule has 21 heavy (non-hydrogen) atoms. The lowest BCUT2D eigenvalue weighted by Gasteiger charge is -2.53. The zero-order valence-corrected chi connectivity index (χ0v) is 14.1. The molecule has 2 spiro atoms. The van der Waals surface area contributed by atoms with Crippen molar-refractivity contribution < 1.29 is 14.3 Å². The molecule has 0 aliphatic carbocycles. The highest BCUT2D eigenvalue weighted by atomic mass is 32.2. The summed E-state index contributed by atoms with van der Waals surface area (Å²) in [5.41, 5.74) is -0.272. The molecule has 120 valence electrons. The Morgan fingerprint density at radius 3 is 2.38 bits per heavy atom. The van der Waals surface area contributed by atoms with Crippen LogP contribution in [0.3, 0.4) is 0 Å². The van der Waals surface area contributed by atoms with Crippen molar-refractivity contribution in [3.05, 3.63) is 0 Å². The minimum Gasteiger partial charge on any atom is -0.444 e. The maximum atomic E-state index is 12.1. The average molecular weight is 314 g/mol. The number of nitrogens with zero attached hydrogens (tertiary/aromatic N) is 1. The second kappa shape index (κ2) is 5.32. The van der Waals surface area contributed by atoms with E-state index in [9.17, 15) is 4.79 Å². The fourth-order valence-electron chi connectivity index (χ4n) is 3.02. The van der Waals surface area contributed by atoms with Gasteiger partial charge in [0.05, 0.1) is 17.7 Å². The van der Waals surface area contributed by atoms with Gasteiger partial charge in [0.2, 0.25) is 0 Å². The first kappa shape index (κ1) is 15.4. The largest absolute Gasteiger partial charge is 0.444 e. The smallest absolute Gasteiger partial charge is 0.410 e. The molecule has 0 atom stereocenters. The Kier molecular flexibility index (Phi) is 3.91. The van der Waals surface area contributed by atoms with Crippen LogP contribution in [-0.2, 0) is 9.47 Å². The van der Waals surface area contributed by atoms with Gasteiger partial charge < -0.3 is 19.7 Å². The summed E-state index contributed by atoms with van der Waals surface area (Å²) in [4.78, 5) is 13.9. The molecule has 0 radical (unpaired) electrons. The molecule has 0 unspecified atom stereocenters. The number of morpholine rings is 1. The molecule has 3 saturated heterocycles. The monoisotopic (exact) mass is 314 g/mol. The van der Waals surface area contributed by atoms with Gasteiger partial charge in [0.25, 0.3) is 0 Å². The topological polar surface area (TPSA) is 50.8 Å². The average Bonchev–Trinajstić information content (AvgIpc) is 2.37. The van der Waals surface area contributed by atoms with Gasteiger partial charge in [-0.1, -0.05) is 0 Å². The zero-order valence-electron chi connectivity index (χ0n) is 13.2. The van der Waals surface area contributed by atoms with Gasteiger partial charge in [-0.3, -0.25) is 0 Å². The number of hydrogen-bond donors (Lipinski definition) is 1. The van der Waals surface area contributed by atoms with Crippen LogP contribution in [0.25, 0.3) is 0 Å². The third kappa shape index (κ3) is 3.32. The van der Waals surface area contributed by atoms with E-state index in [2.05, 4.69) is 5.32 Å². The van der Waals surface area contributed by atoms with Gasteiger partial charge in [0.15, 0.2) is 0 Å². The summed E-state index contributed by atoms with van der Waals surface area (Å²) < 4.78 is 11.7. The standard InChI is InChI=1S/C15H26N2O3S/c1-13(2,3)20-12(18)17-6-4-15(5-7-17)8-16-14(9-19-15)10-21-11-14/h16H,4-11H2,1-3H3. The van der Waals surface area contributed by atoms with Gasteiger partial charge in [-0.2, -0.15) is 11.8 Å². The van der Waals surface area contributed by atoms with Crippen LogP contribution in [-0.4, -0.2) is 65.5 Å². The Balaban J connectivity index is 1.50. The Bertz CT molecular complexity index is 398. The van der Waals surface area contributed by atoms with Crippen LogP contribution in [0.5, 0.6) is 0 Å². The van der Waals surface area contributed by atoms with E-state index in [0.717, 1.165) is 50.6 Å². The predicted molar refractivity (Wildman–Crippen MR) is 83.8 cm³/mol. The summed E-state index contributed by atoms with van der Waals surface area (Å²) in [6.07, 6.45) is 1.58. The molecule has 3 fully saturated rings. The number of nitrogens with one attached hydrogen (secondary N) is 1. The minimum absolute atomic E-state index is 0.0793. The first-order valence-electron chi connectivity index (χ1n) is 7.76.